The minimum absolute atomic E-state index is 0.0274. The summed E-state index contributed by atoms with van der Waals surface area (Å²) in [5.41, 5.74) is 0. The van der Waals surface area contributed by atoms with E-state index in [9.17, 15) is 0 Å². The van der Waals surface area contributed by atoms with Gasteiger partial charge >= 0.3 is 0 Å². The molecule has 2 aromatic carbocycles. The predicted octanol–water partition coefficient (Wildman–Crippen LogP) is 4.04. The van der Waals surface area contributed by atoms with Gasteiger partial charge in [0.05, 0.1) is 52.9 Å². The summed E-state index contributed by atoms with van der Waals surface area (Å²) in [6.07, 6.45) is 1.03. The van der Waals surface area contributed by atoms with E-state index in [0.29, 0.717) is 52.9 Å². The van der Waals surface area contributed by atoms with Crippen LogP contribution in [0, 0.1) is 0 Å². The van der Waals surface area contributed by atoms with Crippen LogP contribution in [0.1, 0.15) is 34.1 Å². The zero-order valence-corrected chi connectivity index (χ0v) is 21.9. The Bertz CT molecular complexity index is 694. The molecule has 0 heterocycles. The summed E-state index contributed by atoms with van der Waals surface area (Å²) in [5.74, 6) is 0. The Morgan fingerprint density at radius 1 is 0.545 bits per heavy atom. The van der Waals surface area contributed by atoms with Gasteiger partial charge in [-0.25, -0.2) is 0 Å². The van der Waals surface area contributed by atoms with Crippen LogP contribution < -0.4 is 10.4 Å². The van der Waals surface area contributed by atoms with Crippen LogP contribution in [-0.2, 0) is 23.4 Å². The first-order valence-corrected chi connectivity index (χ1v) is 14.0. The SMILES string of the molecule is CCCOCCOCCOCCOCCO[Si](c1ccccc1)(c1ccccc1)C(C)(C)C. The normalized spacial score (nSPS) is 12.2. The molecule has 6 heteroatoms. The van der Waals surface area contributed by atoms with Crippen LogP contribution in [0.2, 0.25) is 5.04 Å². The van der Waals surface area contributed by atoms with E-state index in [2.05, 4.69) is 88.4 Å². The molecule has 0 unspecified atom stereocenters. The molecule has 2 aromatic rings. The number of benzene rings is 2. The van der Waals surface area contributed by atoms with Gasteiger partial charge in [-0.2, -0.15) is 0 Å². The van der Waals surface area contributed by atoms with Crippen LogP contribution in [0.5, 0.6) is 0 Å². The molecule has 0 saturated carbocycles. The van der Waals surface area contributed by atoms with Gasteiger partial charge in [-0.15, -0.1) is 0 Å². The third-order valence-corrected chi connectivity index (χ3v) is 10.5. The molecule has 0 spiro atoms. The first kappa shape index (κ1) is 27.7. The van der Waals surface area contributed by atoms with Crippen molar-refractivity contribution >= 4 is 18.7 Å². The quantitative estimate of drug-likeness (QED) is 0.256. The number of rotatable bonds is 17. The molecule has 0 aliphatic carbocycles. The average Bonchev–Trinajstić information content (AvgIpc) is 2.82. The van der Waals surface area contributed by atoms with Gasteiger partial charge in [-0.1, -0.05) is 88.4 Å². The molecular formula is C27H42O5Si. The second-order valence-electron chi connectivity index (χ2n) is 8.96. The molecule has 0 radical (unpaired) electrons. The topological polar surface area (TPSA) is 46.2 Å². The molecule has 0 aliphatic rings. The summed E-state index contributed by atoms with van der Waals surface area (Å²) in [5, 5.41) is 2.54. The second kappa shape index (κ2) is 15.4. The van der Waals surface area contributed by atoms with Crippen molar-refractivity contribution in [2.75, 3.05) is 59.5 Å². The average molecular weight is 475 g/mol. The van der Waals surface area contributed by atoms with Crippen LogP contribution in [0.4, 0.5) is 0 Å². The minimum atomic E-state index is -2.49. The monoisotopic (exact) mass is 474 g/mol. The van der Waals surface area contributed by atoms with Gasteiger partial charge in [0.2, 0.25) is 0 Å². The molecule has 0 amide bonds. The van der Waals surface area contributed by atoms with Crippen LogP contribution >= 0.6 is 0 Å². The van der Waals surface area contributed by atoms with E-state index in [4.69, 9.17) is 23.4 Å². The largest absolute Gasteiger partial charge is 0.405 e. The predicted molar refractivity (Wildman–Crippen MR) is 137 cm³/mol. The highest BCUT2D eigenvalue weighted by Gasteiger charge is 2.49. The lowest BCUT2D eigenvalue weighted by atomic mass is 10.2. The van der Waals surface area contributed by atoms with E-state index >= 15 is 0 Å². The summed E-state index contributed by atoms with van der Waals surface area (Å²) in [7, 11) is -2.49. The highest BCUT2D eigenvalue weighted by molar-refractivity contribution is 6.99. The van der Waals surface area contributed by atoms with E-state index < -0.39 is 8.32 Å². The summed E-state index contributed by atoms with van der Waals surface area (Å²) in [6, 6.07) is 21.4. The Morgan fingerprint density at radius 2 is 0.909 bits per heavy atom. The molecule has 0 fully saturated rings. The number of hydrogen-bond donors (Lipinski definition) is 0. The smallest absolute Gasteiger partial charge is 0.261 e. The lowest BCUT2D eigenvalue weighted by Crippen LogP contribution is -2.66. The van der Waals surface area contributed by atoms with E-state index in [-0.39, 0.29) is 5.04 Å². The third-order valence-electron chi connectivity index (χ3n) is 5.43. The fraction of sp³-hybridized carbons (Fsp3) is 0.556. The zero-order valence-electron chi connectivity index (χ0n) is 20.9. The third kappa shape index (κ3) is 8.96. The number of ether oxygens (including phenoxy) is 4. The van der Waals surface area contributed by atoms with Crippen molar-refractivity contribution < 1.29 is 23.4 Å². The maximum Gasteiger partial charge on any atom is 0.261 e. The first-order chi connectivity index (χ1) is 16.0. The van der Waals surface area contributed by atoms with Gasteiger partial charge in [0.1, 0.15) is 0 Å². The first-order valence-electron chi connectivity index (χ1n) is 12.1. The zero-order chi connectivity index (χ0) is 23.8. The van der Waals surface area contributed by atoms with Gasteiger partial charge in [0.25, 0.3) is 8.32 Å². The van der Waals surface area contributed by atoms with Crippen LogP contribution in [0.3, 0.4) is 0 Å². The summed E-state index contributed by atoms with van der Waals surface area (Å²) in [4.78, 5) is 0. The van der Waals surface area contributed by atoms with E-state index in [1.165, 1.54) is 10.4 Å². The molecule has 0 saturated heterocycles. The molecule has 0 atom stereocenters. The van der Waals surface area contributed by atoms with E-state index in [0.717, 1.165) is 13.0 Å². The number of hydrogen-bond acceptors (Lipinski definition) is 5. The molecule has 0 bridgehead atoms. The van der Waals surface area contributed by atoms with Gasteiger partial charge in [0.15, 0.2) is 0 Å². The van der Waals surface area contributed by atoms with E-state index in [1.807, 2.05) is 0 Å². The van der Waals surface area contributed by atoms with E-state index in [1.54, 1.807) is 0 Å². The summed E-state index contributed by atoms with van der Waals surface area (Å²) >= 11 is 0. The Balaban J connectivity index is 1.77. The Kier molecular flexibility index (Phi) is 12.9. The van der Waals surface area contributed by atoms with Crippen molar-refractivity contribution in [2.24, 2.45) is 0 Å². The van der Waals surface area contributed by atoms with Gasteiger partial charge in [-0.05, 0) is 21.8 Å². The highest BCUT2D eigenvalue weighted by Crippen LogP contribution is 2.36. The van der Waals surface area contributed by atoms with Crippen molar-refractivity contribution in [2.45, 2.75) is 39.2 Å². The molecular weight excluding hydrogens is 432 g/mol. The summed E-state index contributed by atoms with van der Waals surface area (Å²) < 4.78 is 29.0. The van der Waals surface area contributed by atoms with Gasteiger partial charge in [0, 0.05) is 6.61 Å². The second-order valence-corrected chi connectivity index (χ2v) is 13.3. The van der Waals surface area contributed by atoms with Crippen molar-refractivity contribution in [1.29, 1.82) is 0 Å². The highest BCUT2D eigenvalue weighted by atomic mass is 28.4. The fourth-order valence-electron chi connectivity index (χ4n) is 3.92. The molecule has 184 valence electrons. The maximum atomic E-state index is 6.81. The maximum absolute atomic E-state index is 6.81. The van der Waals surface area contributed by atoms with Crippen molar-refractivity contribution in [1.82, 2.24) is 0 Å². The molecule has 2 rings (SSSR count). The Labute approximate surface area is 201 Å². The van der Waals surface area contributed by atoms with Gasteiger partial charge < -0.3 is 23.4 Å². The molecule has 0 aliphatic heterocycles. The molecule has 33 heavy (non-hydrogen) atoms. The lowest BCUT2D eigenvalue weighted by molar-refractivity contribution is -0.00481. The Morgan fingerprint density at radius 3 is 1.27 bits per heavy atom. The molecule has 0 N–H and O–H groups in total. The van der Waals surface area contributed by atoms with Crippen molar-refractivity contribution in [3.63, 3.8) is 0 Å². The molecule has 5 nitrogen and oxygen atoms in total. The standard InChI is InChI=1S/C27H42O5Si/c1-5-16-28-17-18-29-19-20-30-21-22-31-23-24-32-33(27(2,3)4,25-12-8-6-9-13-25)26-14-10-7-11-15-26/h6-15H,5,16-24H2,1-4H3. The minimum Gasteiger partial charge on any atom is -0.405 e. The molecule has 0 aromatic heterocycles. The fourth-order valence-corrected chi connectivity index (χ4v) is 8.47. The Hall–Kier alpha value is -1.54. The lowest BCUT2D eigenvalue weighted by Gasteiger charge is -2.43. The van der Waals surface area contributed by atoms with Crippen LogP contribution in [0.25, 0.3) is 0 Å². The summed E-state index contributed by atoms with van der Waals surface area (Å²) in [6.45, 7) is 14.3. The van der Waals surface area contributed by atoms with Crippen molar-refractivity contribution in [3.05, 3.63) is 60.7 Å². The van der Waals surface area contributed by atoms with Crippen molar-refractivity contribution in [3.8, 4) is 0 Å². The van der Waals surface area contributed by atoms with Gasteiger partial charge in [-0.3, -0.25) is 0 Å². The van der Waals surface area contributed by atoms with Crippen LogP contribution in [0.15, 0.2) is 60.7 Å². The van der Waals surface area contributed by atoms with Crippen LogP contribution in [-0.4, -0.2) is 67.8 Å².